The van der Waals surface area contributed by atoms with Crippen LogP contribution in [0.3, 0.4) is 0 Å². The molecule has 2 aliphatic heterocycles. The molecule has 2 aliphatic rings. The van der Waals surface area contributed by atoms with E-state index >= 15 is 0 Å². The van der Waals surface area contributed by atoms with Crippen LogP contribution >= 0.6 is 11.8 Å². The van der Waals surface area contributed by atoms with Gasteiger partial charge < -0.3 is 5.32 Å². The van der Waals surface area contributed by atoms with Gasteiger partial charge >= 0.3 is 0 Å². The predicted molar refractivity (Wildman–Crippen MR) is 85.1 cm³/mol. The Morgan fingerprint density at radius 2 is 2.16 bits per heavy atom. The number of rotatable bonds is 2. The zero-order valence-electron chi connectivity index (χ0n) is 11.9. The number of anilines is 1. The third-order valence-electron chi connectivity index (χ3n) is 4.61. The van der Waals surface area contributed by atoms with Gasteiger partial charge in [0.15, 0.2) is 0 Å². The first-order valence-electron chi connectivity index (χ1n) is 7.41. The fraction of sp³-hybridized carbons (Fsp3) is 0.625. The summed E-state index contributed by atoms with van der Waals surface area (Å²) in [5, 5.41) is 4.37. The van der Waals surface area contributed by atoms with Crippen molar-refractivity contribution in [3.8, 4) is 0 Å². The molecular formula is C16H24N2S. The van der Waals surface area contributed by atoms with Crippen LogP contribution in [0, 0.1) is 5.92 Å². The molecule has 1 fully saturated rings. The van der Waals surface area contributed by atoms with E-state index in [9.17, 15) is 0 Å². The number of hydrogen-bond acceptors (Lipinski definition) is 3. The van der Waals surface area contributed by atoms with Gasteiger partial charge in [0.05, 0.1) is 0 Å². The van der Waals surface area contributed by atoms with E-state index in [0.29, 0.717) is 0 Å². The van der Waals surface area contributed by atoms with E-state index in [2.05, 4.69) is 60.1 Å². The van der Waals surface area contributed by atoms with Crippen LogP contribution in [-0.4, -0.2) is 41.6 Å². The summed E-state index contributed by atoms with van der Waals surface area (Å²) >= 11 is 2.12. The van der Waals surface area contributed by atoms with Gasteiger partial charge in [-0.15, -0.1) is 0 Å². The molecule has 0 aliphatic carbocycles. The number of hydrogen-bond donors (Lipinski definition) is 1. The fourth-order valence-electron chi connectivity index (χ4n) is 3.22. The maximum absolute atomic E-state index is 3.60. The predicted octanol–water partition coefficient (Wildman–Crippen LogP) is 3.10. The Kier molecular flexibility index (Phi) is 4.04. The molecule has 0 amide bonds. The maximum Gasteiger partial charge on any atom is 0.0372 e. The van der Waals surface area contributed by atoms with Crippen molar-refractivity contribution in [1.82, 2.24) is 4.90 Å². The highest BCUT2D eigenvalue weighted by Gasteiger charge is 2.28. The summed E-state index contributed by atoms with van der Waals surface area (Å²) in [5.74, 6) is 2.05. The molecule has 2 nitrogen and oxygen atoms in total. The maximum atomic E-state index is 3.60. The molecule has 0 aromatic heterocycles. The van der Waals surface area contributed by atoms with Crippen LogP contribution in [0.4, 0.5) is 5.69 Å². The van der Waals surface area contributed by atoms with Crippen LogP contribution in [0.15, 0.2) is 24.3 Å². The largest absolute Gasteiger partial charge is 0.384 e. The van der Waals surface area contributed by atoms with Gasteiger partial charge in [0.25, 0.3) is 0 Å². The lowest BCUT2D eigenvalue weighted by Crippen LogP contribution is -2.48. The van der Waals surface area contributed by atoms with E-state index < -0.39 is 0 Å². The molecule has 3 unspecified atom stereocenters. The normalized spacial score (nSPS) is 31.6. The Morgan fingerprint density at radius 1 is 1.32 bits per heavy atom. The summed E-state index contributed by atoms with van der Waals surface area (Å²) in [4.78, 5) is 2.70. The van der Waals surface area contributed by atoms with Gasteiger partial charge in [-0.2, -0.15) is 11.8 Å². The van der Waals surface area contributed by atoms with Gasteiger partial charge in [-0.05, 0) is 30.9 Å². The van der Waals surface area contributed by atoms with Crippen LogP contribution in [0.5, 0.6) is 0 Å². The molecular weight excluding hydrogens is 252 g/mol. The lowest BCUT2D eigenvalue weighted by molar-refractivity contribution is 0.181. The van der Waals surface area contributed by atoms with Gasteiger partial charge in [0.2, 0.25) is 0 Å². The molecule has 2 heterocycles. The number of fused-ring (bicyclic) bond motifs is 1. The van der Waals surface area contributed by atoms with Crippen LogP contribution < -0.4 is 5.32 Å². The Labute approximate surface area is 121 Å². The van der Waals surface area contributed by atoms with Crippen molar-refractivity contribution in [3.05, 3.63) is 29.8 Å². The standard InChI is InChI=1S/C16H24N2S/c1-12-13(2)19-8-7-18(12)11-14-9-15-5-3-4-6-16(15)17-10-14/h3-6,12-14,17H,7-11H2,1-2H3. The molecule has 0 radical (unpaired) electrons. The summed E-state index contributed by atoms with van der Waals surface area (Å²) in [6.07, 6.45) is 1.23. The van der Waals surface area contributed by atoms with E-state index in [4.69, 9.17) is 0 Å². The molecule has 0 saturated carbocycles. The van der Waals surface area contributed by atoms with E-state index in [0.717, 1.165) is 23.8 Å². The highest BCUT2D eigenvalue weighted by atomic mass is 32.2. The van der Waals surface area contributed by atoms with Crippen molar-refractivity contribution < 1.29 is 0 Å². The summed E-state index contributed by atoms with van der Waals surface area (Å²) in [6.45, 7) is 8.39. The number of benzene rings is 1. The summed E-state index contributed by atoms with van der Waals surface area (Å²) in [7, 11) is 0. The molecule has 19 heavy (non-hydrogen) atoms. The van der Waals surface area contributed by atoms with E-state index in [1.165, 1.54) is 36.5 Å². The second-order valence-corrected chi connectivity index (χ2v) is 7.40. The monoisotopic (exact) mass is 276 g/mol. The highest BCUT2D eigenvalue weighted by Crippen LogP contribution is 2.28. The second-order valence-electron chi connectivity index (χ2n) is 5.92. The Balaban J connectivity index is 1.63. The van der Waals surface area contributed by atoms with Crippen LogP contribution in [-0.2, 0) is 6.42 Å². The van der Waals surface area contributed by atoms with Crippen LogP contribution in [0.25, 0.3) is 0 Å². The average molecular weight is 276 g/mol. The van der Waals surface area contributed by atoms with Crippen molar-refractivity contribution in [2.45, 2.75) is 31.6 Å². The van der Waals surface area contributed by atoms with E-state index in [1.54, 1.807) is 0 Å². The molecule has 3 atom stereocenters. The molecule has 1 aromatic rings. The number of thioether (sulfide) groups is 1. The van der Waals surface area contributed by atoms with Crippen LogP contribution in [0.2, 0.25) is 0 Å². The zero-order chi connectivity index (χ0) is 13.2. The van der Waals surface area contributed by atoms with Gasteiger partial charge in [-0.3, -0.25) is 4.90 Å². The van der Waals surface area contributed by atoms with Crippen molar-refractivity contribution >= 4 is 17.4 Å². The first-order chi connectivity index (χ1) is 9.24. The lowest BCUT2D eigenvalue weighted by atomic mass is 9.93. The highest BCUT2D eigenvalue weighted by molar-refractivity contribution is 8.00. The minimum atomic E-state index is 0.718. The Bertz CT molecular complexity index is 435. The summed E-state index contributed by atoms with van der Waals surface area (Å²) < 4.78 is 0. The van der Waals surface area contributed by atoms with E-state index in [-0.39, 0.29) is 0 Å². The number of nitrogens with zero attached hydrogens (tertiary/aromatic N) is 1. The molecule has 1 aromatic carbocycles. The Hall–Kier alpha value is -0.670. The Morgan fingerprint density at radius 3 is 3.05 bits per heavy atom. The van der Waals surface area contributed by atoms with E-state index in [1.807, 2.05) is 0 Å². The third-order valence-corrected chi connectivity index (χ3v) is 5.95. The molecule has 104 valence electrons. The van der Waals surface area contributed by atoms with Crippen molar-refractivity contribution in [2.75, 3.05) is 30.7 Å². The van der Waals surface area contributed by atoms with Gasteiger partial charge in [0, 0.05) is 42.4 Å². The number of nitrogens with one attached hydrogen (secondary N) is 1. The van der Waals surface area contributed by atoms with Crippen molar-refractivity contribution in [2.24, 2.45) is 5.92 Å². The van der Waals surface area contributed by atoms with Gasteiger partial charge in [-0.1, -0.05) is 25.1 Å². The van der Waals surface area contributed by atoms with Gasteiger partial charge in [-0.25, -0.2) is 0 Å². The first-order valence-corrected chi connectivity index (χ1v) is 8.46. The minimum Gasteiger partial charge on any atom is -0.384 e. The van der Waals surface area contributed by atoms with Crippen molar-refractivity contribution in [3.63, 3.8) is 0 Å². The smallest absolute Gasteiger partial charge is 0.0372 e. The van der Waals surface area contributed by atoms with Gasteiger partial charge in [0.1, 0.15) is 0 Å². The minimum absolute atomic E-state index is 0.718. The zero-order valence-corrected chi connectivity index (χ0v) is 12.7. The third kappa shape index (κ3) is 2.92. The summed E-state index contributed by atoms with van der Waals surface area (Å²) in [6, 6.07) is 9.47. The fourth-order valence-corrected chi connectivity index (χ4v) is 4.38. The number of para-hydroxylation sites is 1. The molecule has 0 bridgehead atoms. The molecule has 1 saturated heterocycles. The topological polar surface area (TPSA) is 15.3 Å². The lowest BCUT2D eigenvalue weighted by Gasteiger charge is -2.40. The molecule has 0 spiro atoms. The average Bonchev–Trinajstić information content (AvgIpc) is 2.44. The van der Waals surface area contributed by atoms with Crippen molar-refractivity contribution in [1.29, 1.82) is 0 Å². The quantitative estimate of drug-likeness (QED) is 0.893. The molecule has 3 heteroatoms. The molecule has 3 rings (SSSR count). The SMILES string of the molecule is CC1SCCN(CC2CNc3ccccc3C2)C1C. The van der Waals surface area contributed by atoms with Crippen LogP contribution in [0.1, 0.15) is 19.4 Å². The second kappa shape index (κ2) is 5.76. The first kappa shape index (κ1) is 13.3. The summed E-state index contributed by atoms with van der Waals surface area (Å²) in [5.41, 5.74) is 2.83. The molecule has 1 N–H and O–H groups in total.